The predicted molar refractivity (Wildman–Crippen MR) is 67.3 cm³/mol. The Morgan fingerprint density at radius 1 is 1.32 bits per heavy atom. The molecule has 1 aliphatic heterocycles. The van der Waals surface area contributed by atoms with Crippen LogP contribution >= 0.6 is 11.6 Å². The number of ether oxygens (including phenoxy) is 2. The highest BCUT2D eigenvalue weighted by Gasteiger charge is 2.20. The number of nitrogens with two attached hydrogens (primary N) is 1. The molecule has 100 valence electrons. The van der Waals surface area contributed by atoms with E-state index in [-0.39, 0.29) is 0 Å². The molecule has 3 N–H and O–H groups in total. The van der Waals surface area contributed by atoms with E-state index in [4.69, 9.17) is 26.8 Å². The summed E-state index contributed by atoms with van der Waals surface area (Å²) >= 11 is 6.20. The van der Waals surface area contributed by atoms with Crippen molar-refractivity contribution < 1.29 is 9.47 Å². The maximum absolute atomic E-state index is 6.20. The quantitative estimate of drug-likeness (QED) is 0.854. The molecule has 2 heterocycles. The molecule has 2 aromatic rings. The fourth-order valence-corrected chi connectivity index (χ4v) is 2.15. The van der Waals surface area contributed by atoms with Crippen molar-refractivity contribution in [3.63, 3.8) is 0 Å². The highest BCUT2D eigenvalue weighted by Crippen LogP contribution is 2.39. The van der Waals surface area contributed by atoms with Gasteiger partial charge in [-0.2, -0.15) is 5.21 Å². The molecule has 8 heteroatoms. The third-order valence-corrected chi connectivity index (χ3v) is 3.10. The van der Waals surface area contributed by atoms with Crippen molar-refractivity contribution >= 4 is 11.6 Å². The van der Waals surface area contributed by atoms with Crippen molar-refractivity contribution in [1.29, 1.82) is 0 Å². The smallest absolute Gasteiger partial charge is 0.195 e. The van der Waals surface area contributed by atoms with E-state index < -0.39 is 6.04 Å². The molecule has 7 nitrogen and oxygen atoms in total. The van der Waals surface area contributed by atoms with E-state index in [9.17, 15) is 0 Å². The lowest BCUT2D eigenvalue weighted by molar-refractivity contribution is 0.297. The molecule has 1 aromatic heterocycles. The van der Waals surface area contributed by atoms with Gasteiger partial charge in [0.15, 0.2) is 17.3 Å². The van der Waals surface area contributed by atoms with E-state index in [1.54, 1.807) is 12.1 Å². The largest absolute Gasteiger partial charge is 0.489 e. The number of hydrogen-bond donors (Lipinski definition) is 2. The van der Waals surface area contributed by atoms with Crippen LogP contribution in [0.3, 0.4) is 0 Å². The summed E-state index contributed by atoms with van der Waals surface area (Å²) in [7, 11) is 0. The SMILES string of the molecule is NC(c1cc(Cl)c2c(c1)OCCCO2)c1nn[nH]n1. The van der Waals surface area contributed by atoms with Gasteiger partial charge < -0.3 is 15.2 Å². The van der Waals surface area contributed by atoms with Gasteiger partial charge in [0, 0.05) is 6.42 Å². The molecule has 3 rings (SSSR count). The first-order valence-corrected chi connectivity index (χ1v) is 6.21. The number of nitrogens with zero attached hydrogens (tertiary/aromatic N) is 3. The second-order valence-corrected chi connectivity index (χ2v) is 4.54. The van der Waals surface area contributed by atoms with Crippen LogP contribution in [0.1, 0.15) is 23.9 Å². The number of H-pyrrole nitrogens is 1. The molecule has 1 unspecified atom stereocenters. The average Bonchev–Trinajstić information content (AvgIpc) is 2.83. The number of fused-ring (bicyclic) bond motifs is 1. The van der Waals surface area contributed by atoms with Gasteiger partial charge in [-0.15, -0.1) is 10.2 Å². The number of aromatic nitrogens is 4. The summed E-state index contributed by atoms with van der Waals surface area (Å²) in [4.78, 5) is 0. The molecule has 0 radical (unpaired) electrons. The minimum Gasteiger partial charge on any atom is -0.489 e. The summed E-state index contributed by atoms with van der Waals surface area (Å²) < 4.78 is 11.2. The zero-order valence-corrected chi connectivity index (χ0v) is 10.7. The summed E-state index contributed by atoms with van der Waals surface area (Å²) in [6, 6.07) is 3.01. The van der Waals surface area contributed by atoms with Crippen LogP contribution in [0.25, 0.3) is 0 Å². The van der Waals surface area contributed by atoms with Crippen LogP contribution in [0.2, 0.25) is 5.02 Å². The monoisotopic (exact) mass is 281 g/mol. The first-order chi connectivity index (χ1) is 9.25. The van der Waals surface area contributed by atoms with Crippen molar-refractivity contribution in [3.8, 4) is 11.5 Å². The highest BCUT2D eigenvalue weighted by atomic mass is 35.5. The Bertz CT molecular complexity index is 575. The van der Waals surface area contributed by atoms with E-state index in [1.807, 2.05) is 0 Å². The van der Waals surface area contributed by atoms with Crippen LogP contribution in [-0.4, -0.2) is 33.8 Å². The number of tetrazole rings is 1. The third-order valence-electron chi connectivity index (χ3n) is 2.82. The predicted octanol–water partition coefficient (Wildman–Crippen LogP) is 1.06. The standard InChI is InChI=1S/C11H12ClN5O2/c12-7-4-6(9(13)11-14-16-17-15-11)5-8-10(7)19-3-1-2-18-8/h4-5,9H,1-3,13H2,(H,14,15,16,17). The zero-order valence-electron chi connectivity index (χ0n) is 9.97. The summed E-state index contributed by atoms with van der Waals surface area (Å²) in [5.41, 5.74) is 6.81. The minimum absolute atomic E-state index is 0.394. The lowest BCUT2D eigenvalue weighted by atomic mass is 10.1. The van der Waals surface area contributed by atoms with Crippen molar-refractivity contribution in [2.75, 3.05) is 13.2 Å². The van der Waals surface area contributed by atoms with E-state index in [1.165, 1.54) is 0 Å². The van der Waals surface area contributed by atoms with E-state index in [0.29, 0.717) is 35.6 Å². The highest BCUT2D eigenvalue weighted by molar-refractivity contribution is 6.32. The second-order valence-electron chi connectivity index (χ2n) is 4.13. The fourth-order valence-electron chi connectivity index (χ4n) is 1.88. The van der Waals surface area contributed by atoms with E-state index >= 15 is 0 Å². The molecule has 19 heavy (non-hydrogen) atoms. The molecule has 0 spiro atoms. The summed E-state index contributed by atoms with van der Waals surface area (Å²) in [6.45, 7) is 1.17. The number of aromatic amines is 1. The molecule has 0 fully saturated rings. The lowest BCUT2D eigenvalue weighted by Gasteiger charge is -2.14. The first kappa shape index (κ1) is 12.2. The number of rotatable bonds is 2. The summed E-state index contributed by atoms with van der Waals surface area (Å²) in [6.07, 6.45) is 0.817. The van der Waals surface area contributed by atoms with Gasteiger partial charge in [0.1, 0.15) is 0 Å². The molecule has 0 saturated carbocycles. The van der Waals surface area contributed by atoms with E-state index in [0.717, 1.165) is 12.0 Å². The van der Waals surface area contributed by atoms with Gasteiger partial charge in [0.25, 0.3) is 0 Å². The number of benzene rings is 1. The molecule has 1 aromatic carbocycles. The van der Waals surface area contributed by atoms with Gasteiger partial charge in [-0.1, -0.05) is 16.8 Å². The van der Waals surface area contributed by atoms with Crippen LogP contribution in [0.4, 0.5) is 0 Å². The van der Waals surface area contributed by atoms with Crippen LogP contribution in [-0.2, 0) is 0 Å². The third kappa shape index (κ3) is 2.34. The molecular weight excluding hydrogens is 270 g/mol. The molecule has 1 aliphatic rings. The summed E-state index contributed by atoms with van der Waals surface area (Å²) in [5, 5.41) is 14.1. The maximum atomic E-state index is 6.20. The van der Waals surface area contributed by atoms with Gasteiger partial charge in [-0.05, 0) is 17.7 Å². The van der Waals surface area contributed by atoms with Gasteiger partial charge >= 0.3 is 0 Å². The Morgan fingerprint density at radius 3 is 2.95 bits per heavy atom. The molecule has 1 atom stereocenters. The minimum atomic E-state index is -0.520. The Hall–Kier alpha value is -1.86. The maximum Gasteiger partial charge on any atom is 0.195 e. The Morgan fingerprint density at radius 2 is 2.16 bits per heavy atom. The molecule has 0 saturated heterocycles. The van der Waals surface area contributed by atoms with Gasteiger partial charge in [-0.25, -0.2) is 0 Å². The Balaban J connectivity index is 1.99. The number of nitrogens with one attached hydrogen (secondary N) is 1. The average molecular weight is 282 g/mol. The van der Waals surface area contributed by atoms with Gasteiger partial charge in [0.2, 0.25) is 0 Å². The second kappa shape index (κ2) is 5.02. The fraction of sp³-hybridized carbons (Fsp3) is 0.364. The van der Waals surface area contributed by atoms with E-state index in [2.05, 4.69) is 20.6 Å². The van der Waals surface area contributed by atoms with Crippen molar-refractivity contribution in [2.24, 2.45) is 5.73 Å². The van der Waals surface area contributed by atoms with Crippen LogP contribution in [0.15, 0.2) is 12.1 Å². The summed E-state index contributed by atoms with van der Waals surface area (Å²) in [5.74, 6) is 1.55. The zero-order chi connectivity index (χ0) is 13.2. The number of halogens is 1. The first-order valence-electron chi connectivity index (χ1n) is 5.83. The van der Waals surface area contributed by atoms with Crippen LogP contribution < -0.4 is 15.2 Å². The van der Waals surface area contributed by atoms with Crippen molar-refractivity contribution in [2.45, 2.75) is 12.5 Å². The topological polar surface area (TPSA) is 98.9 Å². The lowest BCUT2D eigenvalue weighted by Crippen LogP contribution is -2.14. The molecule has 0 amide bonds. The Labute approximate surface area is 114 Å². The normalized spacial score (nSPS) is 15.9. The number of hydrogen-bond acceptors (Lipinski definition) is 6. The molecular formula is C11H12ClN5O2. The molecule has 0 aliphatic carbocycles. The van der Waals surface area contributed by atoms with Crippen LogP contribution in [0.5, 0.6) is 11.5 Å². The van der Waals surface area contributed by atoms with Gasteiger partial charge in [-0.3, -0.25) is 0 Å². The van der Waals surface area contributed by atoms with Crippen molar-refractivity contribution in [3.05, 3.63) is 28.5 Å². The van der Waals surface area contributed by atoms with Crippen LogP contribution in [0, 0.1) is 0 Å². The molecule has 0 bridgehead atoms. The van der Waals surface area contributed by atoms with Gasteiger partial charge in [0.05, 0.1) is 24.3 Å². The van der Waals surface area contributed by atoms with Crippen molar-refractivity contribution in [1.82, 2.24) is 20.6 Å². The Kier molecular flexibility index (Phi) is 3.22.